The number of carbonyl (C=O) groups excluding carboxylic acids is 1. The van der Waals surface area contributed by atoms with Crippen LogP contribution in [0.5, 0.6) is 0 Å². The molecule has 2 rings (SSSR count). The molecule has 2 aromatic carbocycles. The highest BCUT2D eigenvalue weighted by Crippen LogP contribution is 2.34. The van der Waals surface area contributed by atoms with E-state index in [1.54, 1.807) is 12.1 Å². The summed E-state index contributed by atoms with van der Waals surface area (Å²) < 4.78 is 43.0. The lowest BCUT2D eigenvalue weighted by Crippen LogP contribution is -2.17. The molecule has 0 aliphatic heterocycles. The normalized spacial score (nSPS) is 11.1. The summed E-state index contributed by atoms with van der Waals surface area (Å²) in [5.74, 6) is -0.695. The van der Waals surface area contributed by atoms with Crippen molar-refractivity contribution in [3.8, 4) is 0 Å². The van der Waals surface area contributed by atoms with Gasteiger partial charge in [0.15, 0.2) is 0 Å². The fourth-order valence-electron chi connectivity index (χ4n) is 2.08. The van der Waals surface area contributed by atoms with Gasteiger partial charge in [0, 0.05) is 6.07 Å². The number of nitro benzene ring substituents is 1. The van der Waals surface area contributed by atoms with Crippen LogP contribution in [0.3, 0.4) is 0 Å². The van der Waals surface area contributed by atoms with Crippen LogP contribution < -0.4 is 5.32 Å². The van der Waals surface area contributed by atoms with Crippen LogP contribution in [0.1, 0.15) is 16.7 Å². The second-order valence-corrected chi connectivity index (χ2v) is 5.49. The van der Waals surface area contributed by atoms with Gasteiger partial charge in [-0.2, -0.15) is 13.2 Å². The van der Waals surface area contributed by atoms with E-state index in [0.29, 0.717) is 12.1 Å². The van der Waals surface area contributed by atoms with Gasteiger partial charge >= 0.3 is 12.1 Å². The summed E-state index contributed by atoms with van der Waals surface area (Å²) in [5.41, 5.74) is -0.293. The molecular formula is C17H15F3N2O4. The minimum Gasteiger partial charge on any atom is -0.460 e. The van der Waals surface area contributed by atoms with Crippen molar-refractivity contribution in [1.29, 1.82) is 0 Å². The molecule has 0 unspecified atom stereocenters. The number of nitro groups is 1. The highest BCUT2D eigenvalue weighted by atomic mass is 19.4. The number of alkyl halides is 3. The number of rotatable bonds is 6. The van der Waals surface area contributed by atoms with Crippen LogP contribution in [0.15, 0.2) is 42.5 Å². The van der Waals surface area contributed by atoms with Crippen molar-refractivity contribution in [3.05, 3.63) is 69.3 Å². The third-order valence-corrected chi connectivity index (χ3v) is 3.47. The first-order valence-electron chi connectivity index (χ1n) is 7.47. The zero-order chi connectivity index (χ0) is 19.3. The number of hydrogen-bond acceptors (Lipinski definition) is 5. The van der Waals surface area contributed by atoms with Gasteiger partial charge in [-0.05, 0) is 24.6 Å². The van der Waals surface area contributed by atoms with E-state index < -0.39 is 34.9 Å². The molecule has 26 heavy (non-hydrogen) atoms. The minimum atomic E-state index is -4.70. The van der Waals surface area contributed by atoms with Crippen LogP contribution in [-0.4, -0.2) is 17.4 Å². The molecule has 0 amide bonds. The number of benzene rings is 2. The number of carbonyl (C=O) groups is 1. The first kappa shape index (κ1) is 19.2. The Morgan fingerprint density at radius 3 is 2.42 bits per heavy atom. The largest absolute Gasteiger partial charge is 0.460 e. The average Bonchev–Trinajstić information content (AvgIpc) is 2.58. The van der Waals surface area contributed by atoms with E-state index >= 15 is 0 Å². The van der Waals surface area contributed by atoms with Crippen LogP contribution in [0.25, 0.3) is 0 Å². The topological polar surface area (TPSA) is 81.5 Å². The summed E-state index contributed by atoms with van der Waals surface area (Å²) in [6.07, 6.45) is -4.70. The van der Waals surface area contributed by atoms with E-state index in [-0.39, 0.29) is 12.3 Å². The molecule has 1 N–H and O–H groups in total. The molecule has 9 heteroatoms. The lowest BCUT2D eigenvalue weighted by molar-refractivity contribution is -0.384. The van der Waals surface area contributed by atoms with Gasteiger partial charge in [-0.25, -0.2) is 0 Å². The molecule has 0 heterocycles. The molecule has 0 atom stereocenters. The molecule has 0 aliphatic carbocycles. The van der Waals surface area contributed by atoms with Crippen molar-refractivity contribution >= 4 is 17.3 Å². The van der Waals surface area contributed by atoms with Crippen molar-refractivity contribution in [1.82, 2.24) is 0 Å². The van der Waals surface area contributed by atoms with Crippen LogP contribution in [-0.2, 0) is 22.3 Å². The van der Waals surface area contributed by atoms with Crippen molar-refractivity contribution in [2.75, 3.05) is 11.9 Å². The number of esters is 1. The fourth-order valence-corrected chi connectivity index (χ4v) is 2.08. The van der Waals surface area contributed by atoms with Crippen LogP contribution >= 0.6 is 0 Å². The molecule has 2 aromatic rings. The van der Waals surface area contributed by atoms with Crippen molar-refractivity contribution in [2.45, 2.75) is 19.7 Å². The molecule has 0 spiro atoms. The van der Waals surface area contributed by atoms with E-state index in [9.17, 15) is 28.1 Å². The van der Waals surface area contributed by atoms with Gasteiger partial charge in [-0.1, -0.05) is 29.8 Å². The van der Waals surface area contributed by atoms with Gasteiger partial charge < -0.3 is 10.1 Å². The van der Waals surface area contributed by atoms with Crippen LogP contribution in [0.2, 0.25) is 0 Å². The van der Waals surface area contributed by atoms with Crippen molar-refractivity contribution in [3.63, 3.8) is 0 Å². The fraction of sp³-hybridized carbons (Fsp3) is 0.235. The molecule has 138 valence electrons. The Labute approximate surface area is 146 Å². The third kappa shape index (κ3) is 5.20. The molecule has 0 bridgehead atoms. The summed E-state index contributed by atoms with van der Waals surface area (Å²) in [6.45, 7) is 1.52. The predicted octanol–water partition coefficient (Wildman–Crippen LogP) is 4.08. The van der Waals surface area contributed by atoms with Gasteiger partial charge in [0.25, 0.3) is 5.69 Å². The minimum absolute atomic E-state index is 0.0237. The Hall–Kier alpha value is -3.10. The Balaban J connectivity index is 1.98. The van der Waals surface area contributed by atoms with Gasteiger partial charge in [-0.3, -0.25) is 14.9 Å². The molecule has 0 radical (unpaired) electrons. The summed E-state index contributed by atoms with van der Waals surface area (Å²) in [7, 11) is 0. The Kier molecular flexibility index (Phi) is 5.81. The zero-order valence-electron chi connectivity index (χ0n) is 13.7. The van der Waals surface area contributed by atoms with E-state index in [4.69, 9.17) is 4.74 Å². The van der Waals surface area contributed by atoms with Crippen molar-refractivity contribution in [2.24, 2.45) is 0 Å². The molecule has 0 aliphatic rings. The maximum atomic E-state index is 12.6. The quantitative estimate of drug-likeness (QED) is 0.472. The Morgan fingerprint density at radius 1 is 1.19 bits per heavy atom. The predicted molar refractivity (Wildman–Crippen MR) is 87.6 cm³/mol. The number of nitrogens with one attached hydrogen (secondary N) is 1. The number of nitrogens with zero attached hydrogens (tertiary/aromatic N) is 1. The van der Waals surface area contributed by atoms with Gasteiger partial charge in [0.1, 0.15) is 18.8 Å². The summed E-state index contributed by atoms with van der Waals surface area (Å²) in [6, 6.07) is 9.31. The standard InChI is InChI=1S/C17H15F3N2O4/c1-11-2-4-12(5-3-11)10-26-16(23)9-21-14-7-6-13(17(18,19)20)8-15(14)22(24)25/h2-8,21H,9-10H2,1H3. The number of halogens is 3. The lowest BCUT2D eigenvalue weighted by Gasteiger charge is -2.10. The molecule has 0 saturated heterocycles. The maximum absolute atomic E-state index is 12.6. The van der Waals surface area contributed by atoms with Crippen LogP contribution in [0, 0.1) is 17.0 Å². The number of hydrogen-bond donors (Lipinski definition) is 1. The number of anilines is 1. The average molecular weight is 368 g/mol. The molecular weight excluding hydrogens is 353 g/mol. The molecule has 0 fully saturated rings. The van der Waals surface area contributed by atoms with E-state index in [2.05, 4.69) is 5.32 Å². The zero-order valence-corrected chi connectivity index (χ0v) is 13.7. The Bertz CT molecular complexity index is 805. The van der Waals surface area contributed by atoms with Gasteiger partial charge in [-0.15, -0.1) is 0 Å². The maximum Gasteiger partial charge on any atom is 0.416 e. The van der Waals surface area contributed by atoms with Crippen LogP contribution in [0.4, 0.5) is 24.5 Å². The summed E-state index contributed by atoms with van der Waals surface area (Å²) >= 11 is 0. The SMILES string of the molecule is Cc1ccc(COC(=O)CNc2ccc(C(F)(F)F)cc2[N+](=O)[O-])cc1. The summed E-state index contributed by atoms with van der Waals surface area (Å²) in [4.78, 5) is 21.7. The summed E-state index contributed by atoms with van der Waals surface area (Å²) in [5, 5.41) is 13.4. The second kappa shape index (κ2) is 7.85. The van der Waals surface area contributed by atoms with Gasteiger partial charge in [0.2, 0.25) is 0 Å². The first-order chi connectivity index (χ1) is 12.2. The third-order valence-electron chi connectivity index (χ3n) is 3.47. The highest BCUT2D eigenvalue weighted by Gasteiger charge is 2.33. The Morgan fingerprint density at radius 2 is 1.85 bits per heavy atom. The second-order valence-electron chi connectivity index (χ2n) is 5.49. The monoisotopic (exact) mass is 368 g/mol. The molecule has 6 nitrogen and oxygen atoms in total. The first-order valence-corrected chi connectivity index (χ1v) is 7.47. The number of aryl methyl sites for hydroxylation is 1. The van der Waals surface area contributed by atoms with Gasteiger partial charge in [0.05, 0.1) is 10.5 Å². The molecule has 0 aromatic heterocycles. The van der Waals surface area contributed by atoms with E-state index in [0.717, 1.165) is 17.2 Å². The lowest BCUT2D eigenvalue weighted by atomic mass is 10.1. The van der Waals surface area contributed by atoms with E-state index in [1.165, 1.54) is 0 Å². The number of ether oxygens (including phenoxy) is 1. The van der Waals surface area contributed by atoms with E-state index in [1.807, 2.05) is 19.1 Å². The smallest absolute Gasteiger partial charge is 0.416 e. The highest BCUT2D eigenvalue weighted by molar-refractivity contribution is 5.76. The molecule has 0 saturated carbocycles. The van der Waals surface area contributed by atoms with Crippen molar-refractivity contribution < 1.29 is 27.6 Å².